The average Bonchev–Trinajstić information content (AvgIpc) is 3.04. The van der Waals surface area contributed by atoms with Crippen molar-refractivity contribution in [2.45, 2.75) is 25.7 Å². The number of likely N-dealkylation sites (tertiary alicyclic amines) is 2. The molecule has 0 saturated carbocycles. The highest BCUT2D eigenvalue weighted by Crippen LogP contribution is 2.39. The van der Waals surface area contributed by atoms with E-state index in [4.69, 9.17) is 5.73 Å². The molecule has 1 atom stereocenters. The zero-order valence-electron chi connectivity index (χ0n) is 12.0. The molecule has 0 aromatic carbocycles. The Balaban J connectivity index is 1.66. The summed E-state index contributed by atoms with van der Waals surface area (Å²) in [5.74, 6) is 0.188. The van der Waals surface area contributed by atoms with E-state index in [0.717, 1.165) is 25.8 Å². The molecular weight excluding hydrogens is 290 g/mol. The molecule has 2 aliphatic heterocycles. The summed E-state index contributed by atoms with van der Waals surface area (Å²) in [6, 6.07) is 0. The van der Waals surface area contributed by atoms with E-state index in [0.29, 0.717) is 23.2 Å². The lowest BCUT2D eigenvalue weighted by molar-refractivity contribution is -0.144. The van der Waals surface area contributed by atoms with Crippen molar-refractivity contribution in [1.29, 1.82) is 0 Å². The number of hydrogen-bond donors (Lipinski definition) is 1. The number of piperidine rings is 1. The van der Waals surface area contributed by atoms with Gasteiger partial charge in [-0.25, -0.2) is 0 Å². The lowest BCUT2D eigenvalue weighted by atomic mass is 9.78. The highest BCUT2D eigenvalue weighted by atomic mass is 32.1. The number of nitrogens with two attached hydrogens (primary N) is 1. The molecule has 8 heteroatoms. The Labute approximate surface area is 127 Å². The van der Waals surface area contributed by atoms with Crippen LogP contribution in [0.4, 0.5) is 5.13 Å². The Morgan fingerprint density at radius 3 is 2.90 bits per heavy atom. The normalized spacial score (nSPS) is 25.9. The summed E-state index contributed by atoms with van der Waals surface area (Å²) < 4.78 is 0. The van der Waals surface area contributed by atoms with Crippen molar-refractivity contribution < 1.29 is 9.59 Å². The maximum absolute atomic E-state index is 12.4. The van der Waals surface area contributed by atoms with Gasteiger partial charge in [-0.3, -0.25) is 9.59 Å². The fraction of sp³-hybridized carbons (Fsp3) is 0.692. The zero-order chi connectivity index (χ0) is 15.0. The molecule has 1 unspecified atom stereocenters. The van der Waals surface area contributed by atoms with Gasteiger partial charge >= 0.3 is 0 Å². The van der Waals surface area contributed by atoms with E-state index in [1.807, 2.05) is 7.05 Å². The maximum Gasteiger partial charge on any atom is 0.230 e. The molecule has 2 saturated heterocycles. The molecule has 0 radical (unpaired) electrons. The molecule has 1 aromatic heterocycles. The Kier molecular flexibility index (Phi) is 3.56. The monoisotopic (exact) mass is 309 g/mol. The van der Waals surface area contributed by atoms with Gasteiger partial charge in [-0.2, -0.15) is 0 Å². The largest absolute Gasteiger partial charge is 0.374 e. The van der Waals surface area contributed by atoms with Crippen molar-refractivity contribution in [3.05, 3.63) is 5.01 Å². The first-order valence-corrected chi connectivity index (χ1v) is 7.93. The molecule has 1 aromatic rings. The van der Waals surface area contributed by atoms with Gasteiger partial charge in [0.2, 0.25) is 16.9 Å². The summed E-state index contributed by atoms with van der Waals surface area (Å²) in [6.45, 7) is 1.99. The molecule has 2 amide bonds. The lowest BCUT2D eigenvalue weighted by Crippen LogP contribution is -2.48. The van der Waals surface area contributed by atoms with Gasteiger partial charge in [0, 0.05) is 26.7 Å². The highest BCUT2D eigenvalue weighted by Gasteiger charge is 2.48. The summed E-state index contributed by atoms with van der Waals surface area (Å²) in [7, 11) is 1.84. The van der Waals surface area contributed by atoms with Crippen molar-refractivity contribution >= 4 is 28.3 Å². The van der Waals surface area contributed by atoms with E-state index in [9.17, 15) is 9.59 Å². The fourth-order valence-corrected chi connectivity index (χ4v) is 3.91. The summed E-state index contributed by atoms with van der Waals surface area (Å²) in [4.78, 5) is 28.3. The molecular formula is C13H19N5O2S. The molecule has 3 heterocycles. The Hall–Kier alpha value is -1.70. The predicted octanol–water partition coefficient (Wildman–Crippen LogP) is 0.134. The smallest absolute Gasteiger partial charge is 0.230 e. The van der Waals surface area contributed by atoms with Gasteiger partial charge in [-0.05, 0) is 19.3 Å². The number of aromatic nitrogens is 2. The molecule has 3 rings (SSSR count). The third-order valence-corrected chi connectivity index (χ3v) is 5.19. The van der Waals surface area contributed by atoms with E-state index in [1.165, 1.54) is 11.3 Å². The van der Waals surface area contributed by atoms with E-state index in [1.54, 1.807) is 9.80 Å². The minimum Gasteiger partial charge on any atom is -0.374 e. The SMILES string of the molecule is CN1CCCC2(CCN(C(=O)Cc3nnc(N)s3)C2)C1=O. The van der Waals surface area contributed by atoms with Crippen LogP contribution < -0.4 is 5.73 Å². The second kappa shape index (κ2) is 5.25. The second-order valence-electron chi connectivity index (χ2n) is 5.89. The number of rotatable bonds is 2. The molecule has 2 aliphatic rings. The standard InChI is InChI=1S/C13H19N5O2S/c1-17-5-2-3-13(11(17)20)4-6-18(8-13)10(19)7-9-15-16-12(14)21-9/h2-8H2,1H3,(H2,14,16). The summed E-state index contributed by atoms with van der Waals surface area (Å²) in [6.07, 6.45) is 2.87. The number of carbonyl (C=O) groups excluding carboxylic acids is 2. The van der Waals surface area contributed by atoms with Crippen LogP contribution in [-0.4, -0.2) is 58.5 Å². The fourth-order valence-electron chi connectivity index (χ4n) is 3.31. The number of amides is 2. The predicted molar refractivity (Wildman–Crippen MR) is 78.5 cm³/mol. The average molecular weight is 309 g/mol. The topological polar surface area (TPSA) is 92.4 Å². The maximum atomic E-state index is 12.4. The number of anilines is 1. The molecule has 7 nitrogen and oxygen atoms in total. The first-order valence-electron chi connectivity index (χ1n) is 7.11. The first kappa shape index (κ1) is 14.2. The van der Waals surface area contributed by atoms with Crippen LogP contribution in [0, 0.1) is 5.41 Å². The molecule has 0 bridgehead atoms. The highest BCUT2D eigenvalue weighted by molar-refractivity contribution is 7.15. The number of nitrogens with zero attached hydrogens (tertiary/aromatic N) is 4. The van der Waals surface area contributed by atoms with Crippen LogP contribution >= 0.6 is 11.3 Å². The molecule has 0 aliphatic carbocycles. The van der Waals surface area contributed by atoms with E-state index in [-0.39, 0.29) is 23.7 Å². The van der Waals surface area contributed by atoms with E-state index in [2.05, 4.69) is 10.2 Å². The second-order valence-corrected chi connectivity index (χ2v) is 6.98. The quantitative estimate of drug-likeness (QED) is 0.838. The van der Waals surface area contributed by atoms with Gasteiger partial charge in [0.1, 0.15) is 5.01 Å². The van der Waals surface area contributed by atoms with Crippen molar-refractivity contribution in [3.8, 4) is 0 Å². The molecule has 21 heavy (non-hydrogen) atoms. The molecule has 114 valence electrons. The Bertz CT molecular complexity index is 575. The third-order valence-electron chi connectivity index (χ3n) is 4.44. The summed E-state index contributed by atoms with van der Waals surface area (Å²) in [5, 5.41) is 8.60. The number of carbonyl (C=O) groups is 2. The summed E-state index contributed by atoms with van der Waals surface area (Å²) in [5.41, 5.74) is 5.16. The van der Waals surface area contributed by atoms with E-state index < -0.39 is 0 Å². The van der Waals surface area contributed by atoms with Crippen molar-refractivity contribution in [1.82, 2.24) is 20.0 Å². The first-order chi connectivity index (χ1) is 10.00. The minimum atomic E-state index is -0.358. The van der Waals surface area contributed by atoms with Gasteiger partial charge in [0.25, 0.3) is 0 Å². The van der Waals surface area contributed by atoms with Gasteiger partial charge in [0.05, 0.1) is 11.8 Å². The van der Waals surface area contributed by atoms with Crippen molar-refractivity contribution in [2.75, 3.05) is 32.4 Å². The number of nitrogen functional groups attached to an aromatic ring is 1. The minimum absolute atomic E-state index is 0.00375. The zero-order valence-corrected chi connectivity index (χ0v) is 12.9. The van der Waals surface area contributed by atoms with Crippen LogP contribution in [0.25, 0.3) is 0 Å². The molecule has 1 spiro atoms. The van der Waals surface area contributed by atoms with Gasteiger partial charge < -0.3 is 15.5 Å². The van der Waals surface area contributed by atoms with Crippen LogP contribution in [0.2, 0.25) is 0 Å². The lowest BCUT2D eigenvalue weighted by Gasteiger charge is -2.37. The van der Waals surface area contributed by atoms with Crippen LogP contribution in [-0.2, 0) is 16.0 Å². The molecule has 2 N–H and O–H groups in total. The third kappa shape index (κ3) is 2.59. The van der Waals surface area contributed by atoms with Crippen LogP contribution in [0.1, 0.15) is 24.3 Å². The Morgan fingerprint density at radius 1 is 1.38 bits per heavy atom. The van der Waals surface area contributed by atoms with Gasteiger partial charge in [-0.15, -0.1) is 10.2 Å². The van der Waals surface area contributed by atoms with Crippen LogP contribution in [0.5, 0.6) is 0 Å². The van der Waals surface area contributed by atoms with Crippen molar-refractivity contribution in [2.24, 2.45) is 5.41 Å². The molecule has 2 fully saturated rings. The number of hydrogen-bond acceptors (Lipinski definition) is 6. The summed E-state index contributed by atoms with van der Waals surface area (Å²) >= 11 is 1.24. The van der Waals surface area contributed by atoms with Crippen LogP contribution in [0.15, 0.2) is 0 Å². The Morgan fingerprint density at radius 2 is 2.19 bits per heavy atom. The van der Waals surface area contributed by atoms with Gasteiger partial charge in [-0.1, -0.05) is 11.3 Å². The van der Waals surface area contributed by atoms with Crippen LogP contribution in [0.3, 0.4) is 0 Å². The van der Waals surface area contributed by atoms with Gasteiger partial charge in [0.15, 0.2) is 0 Å². The van der Waals surface area contributed by atoms with E-state index >= 15 is 0 Å². The van der Waals surface area contributed by atoms with Crippen molar-refractivity contribution in [3.63, 3.8) is 0 Å².